The van der Waals surface area contributed by atoms with Crippen molar-refractivity contribution in [3.63, 3.8) is 0 Å². The predicted octanol–water partition coefficient (Wildman–Crippen LogP) is 3.65. The van der Waals surface area contributed by atoms with E-state index in [2.05, 4.69) is 0 Å². The van der Waals surface area contributed by atoms with E-state index < -0.39 is 5.97 Å². The van der Waals surface area contributed by atoms with Gasteiger partial charge in [0.05, 0.1) is 14.2 Å². The van der Waals surface area contributed by atoms with Crippen LogP contribution in [-0.2, 0) is 9.53 Å². The van der Waals surface area contributed by atoms with Crippen LogP contribution in [0.1, 0.15) is 11.1 Å². The van der Waals surface area contributed by atoms with Crippen LogP contribution in [0, 0.1) is 6.92 Å². The van der Waals surface area contributed by atoms with Crippen molar-refractivity contribution < 1.29 is 23.7 Å². The van der Waals surface area contributed by atoms with Gasteiger partial charge in [0, 0.05) is 17.7 Å². The molecule has 0 aliphatic rings. The van der Waals surface area contributed by atoms with Gasteiger partial charge in [-0.05, 0) is 36.8 Å². The second-order valence-corrected chi connectivity index (χ2v) is 5.22. The summed E-state index contributed by atoms with van der Waals surface area (Å²) in [5.74, 6) is 1.65. The van der Waals surface area contributed by atoms with Gasteiger partial charge >= 0.3 is 5.97 Å². The topological polar surface area (TPSA) is 54.0 Å². The number of carbonyl (C=O) groups is 1. The zero-order chi connectivity index (χ0) is 18.1. The van der Waals surface area contributed by atoms with E-state index in [4.69, 9.17) is 18.9 Å². The molecule has 2 rings (SSSR count). The summed E-state index contributed by atoms with van der Waals surface area (Å²) in [6, 6.07) is 13.0. The third-order valence-electron chi connectivity index (χ3n) is 3.52. The molecular weight excluding hydrogens is 320 g/mol. The Balaban J connectivity index is 1.82. The third kappa shape index (κ3) is 5.57. The molecule has 5 heteroatoms. The average molecular weight is 342 g/mol. The highest BCUT2D eigenvalue weighted by atomic mass is 16.6. The van der Waals surface area contributed by atoms with Crippen LogP contribution in [-0.4, -0.2) is 33.4 Å². The number of ether oxygens (including phenoxy) is 4. The van der Waals surface area contributed by atoms with Gasteiger partial charge in [-0.1, -0.05) is 18.2 Å². The van der Waals surface area contributed by atoms with Gasteiger partial charge in [0.15, 0.2) is 0 Å². The standard InChI is InChI=1S/C20H22O5/c1-15-6-4-5-7-18(15)24-12-13-25-20(21)11-9-16-8-10-17(22-2)14-19(16)23-3/h4-11,14H,12-13H2,1-3H3/b11-9+. The van der Waals surface area contributed by atoms with E-state index in [1.807, 2.05) is 37.3 Å². The summed E-state index contributed by atoms with van der Waals surface area (Å²) in [5.41, 5.74) is 1.80. The lowest BCUT2D eigenvalue weighted by Crippen LogP contribution is -2.10. The van der Waals surface area contributed by atoms with Crippen molar-refractivity contribution in [1.29, 1.82) is 0 Å². The fourth-order valence-corrected chi connectivity index (χ4v) is 2.17. The molecule has 0 N–H and O–H groups in total. The third-order valence-corrected chi connectivity index (χ3v) is 3.52. The van der Waals surface area contributed by atoms with Crippen LogP contribution >= 0.6 is 0 Å². The van der Waals surface area contributed by atoms with Crippen LogP contribution in [0.4, 0.5) is 0 Å². The van der Waals surface area contributed by atoms with Crippen LogP contribution in [0.5, 0.6) is 17.2 Å². The first-order valence-electron chi connectivity index (χ1n) is 7.89. The number of esters is 1. The number of aryl methyl sites for hydroxylation is 1. The summed E-state index contributed by atoms with van der Waals surface area (Å²) in [7, 11) is 3.15. The Morgan fingerprint density at radius 2 is 1.80 bits per heavy atom. The Hall–Kier alpha value is -2.95. The van der Waals surface area contributed by atoms with E-state index in [0.717, 1.165) is 16.9 Å². The Morgan fingerprint density at radius 3 is 2.52 bits per heavy atom. The van der Waals surface area contributed by atoms with Gasteiger partial charge in [-0.15, -0.1) is 0 Å². The van der Waals surface area contributed by atoms with Gasteiger partial charge in [-0.2, -0.15) is 0 Å². The summed E-state index contributed by atoms with van der Waals surface area (Å²) in [5, 5.41) is 0. The van der Waals surface area contributed by atoms with E-state index in [-0.39, 0.29) is 6.61 Å². The molecule has 0 aromatic heterocycles. The quantitative estimate of drug-likeness (QED) is 0.416. The molecule has 0 bridgehead atoms. The number of hydrogen-bond acceptors (Lipinski definition) is 5. The first-order chi connectivity index (χ1) is 12.1. The van der Waals surface area contributed by atoms with Gasteiger partial charge in [-0.25, -0.2) is 4.79 Å². The molecule has 132 valence electrons. The van der Waals surface area contributed by atoms with E-state index in [1.165, 1.54) is 6.08 Å². The van der Waals surface area contributed by atoms with Crippen molar-refractivity contribution >= 4 is 12.0 Å². The second-order valence-electron chi connectivity index (χ2n) is 5.22. The summed E-state index contributed by atoms with van der Waals surface area (Å²) in [6.45, 7) is 2.44. The van der Waals surface area contributed by atoms with E-state index in [9.17, 15) is 4.79 Å². The summed E-state index contributed by atoms with van der Waals surface area (Å²) < 4.78 is 21.1. The lowest BCUT2D eigenvalue weighted by molar-refractivity contribution is -0.138. The molecule has 0 aliphatic heterocycles. The first kappa shape index (κ1) is 18.4. The van der Waals surface area contributed by atoms with Crippen LogP contribution in [0.25, 0.3) is 6.08 Å². The Kier molecular flexibility index (Phi) is 6.89. The normalized spacial score (nSPS) is 10.5. The average Bonchev–Trinajstić information content (AvgIpc) is 2.64. The summed E-state index contributed by atoms with van der Waals surface area (Å²) in [6.07, 6.45) is 3.00. The number of benzene rings is 2. The zero-order valence-electron chi connectivity index (χ0n) is 14.7. The van der Waals surface area contributed by atoms with Crippen molar-refractivity contribution in [3.8, 4) is 17.2 Å². The summed E-state index contributed by atoms with van der Waals surface area (Å²) in [4.78, 5) is 11.8. The minimum Gasteiger partial charge on any atom is -0.497 e. The Morgan fingerprint density at radius 1 is 1.00 bits per heavy atom. The number of rotatable bonds is 8. The fraction of sp³-hybridized carbons (Fsp3) is 0.250. The molecule has 2 aromatic carbocycles. The second kappa shape index (κ2) is 9.37. The number of carbonyl (C=O) groups excluding carboxylic acids is 1. The highest BCUT2D eigenvalue weighted by Crippen LogP contribution is 2.25. The van der Waals surface area contributed by atoms with Crippen LogP contribution in [0.15, 0.2) is 48.5 Å². The van der Waals surface area contributed by atoms with Crippen LogP contribution < -0.4 is 14.2 Å². The zero-order valence-corrected chi connectivity index (χ0v) is 14.7. The Bertz CT molecular complexity index is 737. The maximum Gasteiger partial charge on any atom is 0.330 e. The molecule has 2 aromatic rings. The van der Waals surface area contributed by atoms with Crippen molar-refractivity contribution in [1.82, 2.24) is 0 Å². The maximum atomic E-state index is 11.8. The molecule has 0 heterocycles. The van der Waals surface area contributed by atoms with Crippen molar-refractivity contribution in [2.45, 2.75) is 6.92 Å². The monoisotopic (exact) mass is 342 g/mol. The molecular formula is C20H22O5. The molecule has 0 fully saturated rings. The van der Waals surface area contributed by atoms with Crippen molar-refractivity contribution in [2.24, 2.45) is 0 Å². The van der Waals surface area contributed by atoms with Gasteiger partial charge in [0.25, 0.3) is 0 Å². The molecule has 0 radical (unpaired) electrons. The van der Waals surface area contributed by atoms with E-state index in [1.54, 1.807) is 32.4 Å². The summed E-state index contributed by atoms with van der Waals surface area (Å²) >= 11 is 0. The van der Waals surface area contributed by atoms with Crippen molar-refractivity contribution in [3.05, 3.63) is 59.7 Å². The predicted molar refractivity (Wildman–Crippen MR) is 96.2 cm³/mol. The van der Waals surface area contributed by atoms with Crippen molar-refractivity contribution in [2.75, 3.05) is 27.4 Å². The highest BCUT2D eigenvalue weighted by molar-refractivity contribution is 5.87. The van der Waals surface area contributed by atoms with Gasteiger partial charge in [0.2, 0.25) is 0 Å². The highest BCUT2D eigenvalue weighted by Gasteiger charge is 2.04. The molecule has 0 saturated carbocycles. The fourth-order valence-electron chi connectivity index (χ4n) is 2.17. The minimum absolute atomic E-state index is 0.178. The smallest absolute Gasteiger partial charge is 0.330 e. The van der Waals surface area contributed by atoms with Gasteiger partial charge < -0.3 is 18.9 Å². The maximum absolute atomic E-state index is 11.8. The number of methoxy groups -OCH3 is 2. The first-order valence-corrected chi connectivity index (χ1v) is 7.89. The Labute approximate surface area is 147 Å². The van der Waals surface area contributed by atoms with E-state index >= 15 is 0 Å². The molecule has 0 unspecified atom stereocenters. The molecule has 0 saturated heterocycles. The SMILES string of the molecule is COc1ccc(/C=C/C(=O)OCCOc2ccccc2C)c(OC)c1. The lowest BCUT2D eigenvalue weighted by atomic mass is 10.2. The molecule has 0 aliphatic carbocycles. The number of hydrogen-bond donors (Lipinski definition) is 0. The molecule has 0 atom stereocenters. The van der Waals surface area contributed by atoms with Gasteiger partial charge in [-0.3, -0.25) is 0 Å². The van der Waals surface area contributed by atoms with E-state index in [0.29, 0.717) is 18.1 Å². The van der Waals surface area contributed by atoms with Gasteiger partial charge in [0.1, 0.15) is 30.5 Å². The molecule has 5 nitrogen and oxygen atoms in total. The van der Waals surface area contributed by atoms with Crippen LogP contribution in [0.3, 0.4) is 0 Å². The largest absolute Gasteiger partial charge is 0.497 e. The molecule has 0 spiro atoms. The lowest BCUT2D eigenvalue weighted by Gasteiger charge is -2.09. The van der Waals surface area contributed by atoms with Crippen LogP contribution in [0.2, 0.25) is 0 Å². The molecule has 0 amide bonds. The number of para-hydroxylation sites is 1. The molecule has 25 heavy (non-hydrogen) atoms. The minimum atomic E-state index is -0.439.